The molecule has 0 saturated heterocycles. The zero-order chi connectivity index (χ0) is 107. The van der Waals surface area contributed by atoms with E-state index in [2.05, 4.69) is 121 Å². The lowest BCUT2D eigenvalue weighted by molar-refractivity contribution is -0.142. The number of aromatic nitrogens is 4. The van der Waals surface area contributed by atoms with Gasteiger partial charge in [-0.3, -0.25) is 62.5 Å². The van der Waals surface area contributed by atoms with Crippen LogP contribution in [0.25, 0.3) is 33.2 Å². The maximum Gasteiger partial charge on any atom is 0.326 e. The van der Waals surface area contributed by atoms with Gasteiger partial charge in [0.1, 0.15) is 60.4 Å². The molecule has 0 saturated carbocycles. The zero-order valence-corrected chi connectivity index (χ0v) is 87.1. The van der Waals surface area contributed by atoms with Crippen LogP contribution in [0.5, 0.6) is 0 Å². The summed E-state index contributed by atoms with van der Waals surface area (Å²) in [7, 11) is 0. The van der Waals surface area contributed by atoms with E-state index in [4.69, 9.17) is 32.9 Å². The van der Waals surface area contributed by atoms with E-state index in [9.17, 15) is 38.7 Å². The van der Waals surface area contributed by atoms with Crippen molar-refractivity contribution in [3.8, 4) is 0 Å². The molecule has 3 aromatic heterocycles. The summed E-state index contributed by atoms with van der Waals surface area (Å²) in [6.07, 6.45) is 6.94. The van der Waals surface area contributed by atoms with Crippen LogP contribution >= 0.6 is 0 Å². The molecule has 9 aromatic rings. The number of ketones is 1. The number of Topliss-reactive ketones (excluding diaryl/α,β-unsaturated/α-hetero) is 1. The molecule has 33 nitrogen and oxygen atoms in total. The highest BCUT2D eigenvalue weighted by Crippen LogP contribution is 2.45. The molecule has 0 spiro atoms. The van der Waals surface area contributed by atoms with Crippen LogP contribution in [0.1, 0.15) is 250 Å². The number of fused-ring (bicyclic) bond motifs is 8. The van der Waals surface area contributed by atoms with Crippen LogP contribution in [-0.4, -0.2) is 195 Å². The van der Waals surface area contributed by atoms with Gasteiger partial charge in [0.25, 0.3) is 0 Å². The quantitative estimate of drug-likeness (QED) is 0.0157. The van der Waals surface area contributed by atoms with Crippen molar-refractivity contribution in [2.24, 2.45) is 22.9 Å². The second-order valence-electron chi connectivity index (χ2n) is 39.5. The lowest BCUT2D eigenvalue weighted by atomic mass is 9.85. The van der Waals surface area contributed by atoms with Gasteiger partial charge in [-0.05, 0) is 236 Å². The number of nitrogens with two attached hydrogens (primary N) is 4. The Balaban J connectivity index is 0.716. The number of hydrogen-bond acceptors (Lipinski definition) is 19. The number of aliphatic carboxylic acids is 1. The van der Waals surface area contributed by atoms with Gasteiger partial charge in [0, 0.05) is 110 Å². The van der Waals surface area contributed by atoms with Crippen LogP contribution in [-0.2, 0) is 109 Å². The molecule has 5 heterocycles. The van der Waals surface area contributed by atoms with Crippen LogP contribution in [0.15, 0.2) is 200 Å². The predicted molar refractivity (Wildman–Crippen MR) is 582 cm³/mol. The van der Waals surface area contributed by atoms with E-state index in [0.29, 0.717) is 136 Å². The maximum absolute atomic E-state index is 15.5. The minimum atomic E-state index is -1.46. The molecule has 1 aliphatic carbocycles. The highest BCUT2D eigenvalue weighted by molar-refractivity contribution is 6.13. The summed E-state index contributed by atoms with van der Waals surface area (Å²) in [5.74, 6) is -9.17. The van der Waals surface area contributed by atoms with Gasteiger partial charge in [0.15, 0.2) is 5.78 Å². The molecule has 3 aliphatic rings. The molecular formula is C117H149N19O14. The molecule has 33 heteroatoms. The normalized spacial score (nSPS) is 15.1. The average molecular weight is 2050 g/mol. The molecule has 12 rings (SSSR count). The van der Waals surface area contributed by atoms with Gasteiger partial charge in [-0.15, -0.1) is 0 Å². The number of benzene rings is 6. The first-order valence-electron chi connectivity index (χ1n) is 53.1. The predicted octanol–water partition coefficient (Wildman–Crippen LogP) is 10.8. The summed E-state index contributed by atoms with van der Waals surface area (Å²) in [6.45, 7) is 14.1. The highest BCUT2D eigenvalue weighted by atomic mass is 16.4. The van der Waals surface area contributed by atoms with Crippen molar-refractivity contribution in [1.82, 2.24) is 78.4 Å². The van der Waals surface area contributed by atoms with Gasteiger partial charge in [0.05, 0.1) is 22.6 Å². The molecule has 150 heavy (non-hydrogen) atoms. The number of carboxylic acids is 1. The van der Waals surface area contributed by atoms with Crippen molar-refractivity contribution in [3.63, 3.8) is 0 Å². The largest absolute Gasteiger partial charge is 0.480 e. The molecular weight excluding hydrogens is 1900 g/mol. The second-order valence-corrected chi connectivity index (χ2v) is 39.5. The lowest BCUT2D eigenvalue weighted by Gasteiger charge is -2.29. The van der Waals surface area contributed by atoms with Crippen molar-refractivity contribution < 1.29 is 67.4 Å². The SMILES string of the molecule is CCC1=C(C)c2cc3[nH]c(cc4nc(c5c6[nH]c(cc1n2)c(C)c6C(=O)C5)[C@@H](CCC(=O)NCCCCCC(=O)N[C@@H](CCCCN)C(=O)N[C@@H](Cc1ccccc1)C(=O)N[C@@H](Cc1ccccc1)C(=O)N[C@@H](CCCCN)C(=O)N[C@@H](Cc1ccccc1)C(=O)N[C@H](Cc1ccccc1)C(=O)N[C@H](CCCCN)C(=O)N[C@H](Cc1ccccc1)C(=O)N[C@@H](Cc1ccccc1)C(=O)N[C@@H](CCCCN)C(=O)O)C4C)c(C)c3CC. The Morgan fingerprint density at radius 1 is 0.373 bits per heavy atom. The molecule has 8 bridgehead atoms. The van der Waals surface area contributed by atoms with Crippen molar-refractivity contribution in [2.75, 3.05) is 32.7 Å². The molecule has 22 N–H and O–H groups in total. The molecule has 12 atom stereocenters. The number of aryl methyl sites for hydroxylation is 3. The Kier molecular flexibility index (Phi) is 43.9. The fourth-order valence-electron chi connectivity index (χ4n) is 20.0. The van der Waals surface area contributed by atoms with Crippen molar-refractivity contribution >= 4 is 110 Å². The smallest absolute Gasteiger partial charge is 0.326 e. The lowest BCUT2D eigenvalue weighted by Crippen LogP contribution is -2.61. The van der Waals surface area contributed by atoms with E-state index < -0.39 is 125 Å². The molecule has 0 radical (unpaired) electrons. The number of H-pyrrole nitrogens is 2. The number of amides is 11. The number of allylic oxidation sites excluding steroid dienone is 2. The first-order valence-corrected chi connectivity index (χ1v) is 53.1. The summed E-state index contributed by atoms with van der Waals surface area (Å²) in [5, 5.41) is 42.0. The number of carboxylic acid groups (broad SMARTS) is 1. The number of unbranched alkanes of at least 4 members (excludes halogenated alkanes) is 6. The minimum absolute atomic E-state index is 0.00404. The van der Waals surface area contributed by atoms with Crippen LogP contribution in [0, 0.1) is 13.8 Å². The molecule has 11 amide bonds. The van der Waals surface area contributed by atoms with Gasteiger partial charge in [-0.2, -0.15) is 0 Å². The number of hydrogen-bond donors (Lipinski definition) is 18. The molecule has 1 unspecified atom stereocenters. The highest BCUT2D eigenvalue weighted by Gasteiger charge is 2.41. The third-order valence-electron chi connectivity index (χ3n) is 28.5. The Labute approximate surface area is 877 Å². The fourth-order valence-corrected chi connectivity index (χ4v) is 20.0. The number of carbonyl (C=O) groups excluding carboxylic acids is 12. The van der Waals surface area contributed by atoms with E-state index in [0.717, 1.165) is 85.5 Å². The topological polar surface area (TPSA) is 536 Å². The maximum atomic E-state index is 15.5. The van der Waals surface area contributed by atoms with Gasteiger partial charge in [0.2, 0.25) is 65.0 Å². The minimum Gasteiger partial charge on any atom is -0.480 e. The Hall–Kier alpha value is -14.7. The zero-order valence-electron chi connectivity index (χ0n) is 87.1. The van der Waals surface area contributed by atoms with Crippen molar-refractivity contribution in [3.05, 3.63) is 284 Å². The average Bonchev–Trinajstić information content (AvgIpc) is 1.58. The monoisotopic (exact) mass is 2040 g/mol. The van der Waals surface area contributed by atoms with E-state index in [1.54, 1.807) is 182 Å². The van der Waals surface area contributed by atoms with Crippen molar-refractivity contribution in [1.29, 1.82) is 0 Å². The van der Waals surface area contributed by atoms with Gasteiger partial charge in [-0.1, -0.05) is 209 Å². The molecule has 2 aliphatic heterocycles. The van der Waals surface area contributed by atoms with Crippen LogP contribution in [0.4, 0.5) is 0 Å². The first kappa shape index (κ1) is 114. The van der Waals surface area contributed by atoms with Gasteiger partial charge in [-0.25, -0.2) is 9.78 Å². The fraction of sp³-hybridized carbons (Fsp3) is 0.427. The number of nitrogens with one attached hydrogen (secondary N) is 13. The summed E-state index contributed by atoms with van der Waals surface area (Å²) < 4.78 is 0. The van der Waals surface area contributed by atoms with Crippen LogP contribution in [0.2, 0.25) is 0 Å². The van der Waals surface area contributed by atoms with E-state index in [-0.39, 0.29) is 120 Å². The van der Waals surface area contributed by atoms with E-state index >= 15 is 28.8 Å². The van der Waals surface area contributed by atoms with Crippen molar-refractivity contribution in [2.45, 2.75) is 287 Å². The number of carbonyl (C=O) groups is 13. The van der Waals surface area contributed by atoms with Crippen LogP contribution < -0.4 is 81.4 Å². The van der Waals surface area contributed by atoms with E-state index in [1.807, 2.05) is 6.92 Å². The van der Waals surface area contributed by atoms with Gasteiger partial charge < -0.3 is 96.5 Å². The standard InChI is InChI=1S/C117H149N19O14/c1-7-82-72(3)90-69-92-74(5)84(106(126-92)85-68-102(137)105-75(6)93(127-107(85)105)71-95-83(8-2)73(4)91(124-95)70-94(82)123-90)55-56-103(138)122-61-37-15-28-54-104(139)125-86(50-29-33-57-118)108(140)131-99(65-79-44-22-12-23-45-79)114(146)134-96(62-76-38-16-9-17-39-76)111(143)128-87(51-30-34-58-119)109(141)132-100(66-80-46-24-13-25-47-80)115(147)135-97(63-77-40-18-10-19-41-77)112(144)129-88(52-31-35-59-120)110(142)133-101(67-81-48-26-14-27-49-81)116(148)136-98(64-78-42-20-11-21-43-78)113(145)130-89(117(149)150)53-32-36-60-121/h9-14,16-27,38-49,69-71,74,84,86-89,96-101,123,127H,7-8,15,28-37,50-68,118-121H2,1-6H3,(H,122,138)(H,125,139)(H,128,143)(H,129,144)(H,130,145)(H,131,140)(H,132,141)(H,133,142)(H,134,146)(H,135,147)(H,136,148)(H,149,150)/t74?,84-,86-,87-,88+,89-,96-,97+,98-,99-,100-,101+/m0/s1. The molecule has 6 aromatic carbocycles. The summed E-state index contributed by atoms with van der Waals surface area (Å²) >= 11 is 0. The number of aromatic amines is 2. The summed E-state index contributed by atoms with van der Waals surface area (Å²) in [5.41, 5.74) is 41.5. The van der Waals surface area contributed by atoms with E-state index in [1.165, 1.54) is 5.56 Å². The molecule has 796 valence electrons. The molecule has 0 fully saturated rings. The summed E-state index contributed by atoms with van der Waals surface area (Å²) in [6, 6.07) is 45.6. The number of rotatable bonds is 59. The Morgan fingerprint density at radius 3 is 1.09 bits per heavy atom. The van der Waals surface area contributed by atoms with Gasteiger partial charge >= 0.3 is 5.97 Å². The first-order chi connectivity index (χ1) is 72.5. The second kappa shape index (κ2) is 57.8. The summed E-state index contributed by atoms with van der Waals surface area (Å²) in [4.78, 5) is 209. The Morgan fingerprint density at radius 2 is 0.720 bits per heavy atom. The number of nitrogens with zero attached hydrogens (tertiary/aromatic N) is 2. The third-order valence-corrected chi connectivity index (χ3v) is 28.5. The van der Waals surface area contributed by atoms with Crippen LogP contribution in [0.3, 0.4) is 0 Å². The third kappa shape index (κ3) is 32.7. The Bertz CT molecular complexity index is 6330.